The second kappa shape index (κ2) is 7.59. The highest BCUT2D eigenvalue weighted by atomic mass is 16.5. The van der Waals surface area contributed by atoms with Crippen molar-refractivity contribution in [3.8, 4) is 11.4 Å². The standard InChI is InChI=1S/C20H21N3O5/c1-12-5-6-18(27-4)17(9-12)23-8-7-16(21-23)19(24)22(3)11-14-10-15(20(25)26)13(2)28-14/h5-10H,11H2,1-4H3,(H,25,26). The minimum atomic E-state index is -1.06. The zero-order valence-corrected chi connectivity index (χ0v) is 16.1. The van der Waals surface area contributed by atoms with Gasteiger partial charge in [-0.15, -0.1) is 0 Å². The first-order chi connectivity index (χ1) is 13.3. The van der Waals surface area contributed by atoms with Crippen LogP contribution in [0.5, 0.6) is 5.75 Å². The highest BCUT2D eigenvalue weighted by molar-refractivity contribution is 5.92. The number of nitrogens with zero attached hydrogens (tertiary/aromatic N) is 3. The molecule has 3 aromatic rings. The molecule has 0 spiro atoms. The summed E-state index contributed by atoms with van der Waals surface area (Å²) >= 11 is 0. The maximum Gasteiger partial charge on any atom is 0.339 e. The first-order valence-corrected chi connectivity index (χ1v) is 8.59. The molecule has 0 aliphatic heterocycles. The molecule has 28 heavy (non-hydrogen) atoms. The highest BCUT2D eigenvalue weighted by Crippen LogP contribution is 2.24. The van der Waals surface area contributed by atoms with E-state index in [1.165, 1.54) is 11.0 Å². The molecule has 2 heterocycles. The lowest BCUT2D eigenvalue weighted by molar-refractivity contribution is 0.0694. The number of amides is 1. The summed E-state index contributed by atoms with van der Waals surface area (Å²) in [6, 6.07) is 8.75. The van der Waals surface area contributed by atoms with E-state index in [4.69, 9.17) is 14.3 Å². The van der Waals surface area contributed by atoms with Crippen LogP contribution in [0.2, 0.25) is 0 Å². The van der Waals surface area contributed by atoms with Crippen LogP contribution in [0.15, 0.2) is 40.9 Å². The molecule has 1 aromatic carbocycles. The quantitative estimate of drug-likeness (QED) is 0.703. The number of benzene rings is 1. The van der Waals surface area contributed by atoms with E-state index in [0.717, 1.165) is 11.3 Å². The molecule has 0 atom stereocenters. The van der Waals surface area contributed by atoms with Crippen molar-refractivity contribution >= 4 is 11.9 Å². The minimum Gasteiger partial charge on any atom is -0.494 e. The van der Waals surface area contributed by atoms with Gasteiger partial charge in [-0.3, -0.25) is 4.79 Å². The predicted octanol–water partition coefficient (Wildman–Crippen LogP) is 3.06. The Balaban J connectivity index is 1.79. The Bertz CT molecular complexity index is 1030. The molecule has 3 rings (SSSR count). The van der Waals surface area contributed by atoms with Gasteiger partial charge in [0.1, 0.15) is 28.5 Å². The molecule has 0 radical (unpaired) electrons. The fourth-order valence-electron chi connectivity index (χ4n) is 2.89. The van der Waals surface area contributed by atoms with Crippen LogP contribution in [0, 0.1) is 13.8 Å². The number of hydrogen-bond donors (Lipinski definition) is 1. The van der Waals surface area contributed by atoms with Crippen LogP contribution in [0.25, 0.3) is 5.69 Å². The van der Waals surface area contributed by atoms with Gasteiger partial charge in [-0.25, -0.2) is 9.48 Å². The fourth-order valence-corrected chi connectivity index (χ4v) is 2.89. The molecular weight excluding hydrogens is 362 g/mol. The van der Waals surface area contributed by atoms with Crippen LogP contribution in [0.4, 0.5) is 0 Å². The molecule has 8 heteroatoms. The third kappa shape index (κ3) is 3.75. The SMILES string of the molecule is COc1ccc(C)cc1-n1ccc(C(=O)N(C)Cc2cc(C(=O)O)c(C)o2)n1. The zero-order valence-electron chi connectivity index (χ0n) is 16.1. The molecule has 8 nitrogen and oxygen atoms in total. The van der Waals surface area contributed by atoms with Crippen LogP contribution in [-0.2, 0) is 6.54 Å². The number of rotatable bonds is 6. The molecule has 0 saturated carbocycles. The molecule has 1 amide bonds. The number of aromatic nitrogens is 2. The van der Waals surface area contributed by atoms with Gasteiger partial charge in [0.15, 0.2) is 5.69 Å². The summed E-state index contributed by atoms with van der Waals surface area (Å²) in [7, 11) is 3.18. The van der Waals surface area contributed by atoms with Gasteiger partial charge in [-0.05, 0) is 43.7 Å². The molecule has 1 N–H and O–H groups in total. The van der Waals surface area contributed by atoms with Gasteiger partial charge in [-0.1, -0.05) is 6.07 Å². The average molecular weight is 383 g/mol. The second-order valence-corrected chi connectivity index (χ2v) is 6.47. The smallest absolute Gasteiger partial charge is 0.339 e. The summed E-state index contributed by atoms with van der Waals surface area (Å²) in [6.45, 7) is 3.67. The zero-order chi connectivity index (χ0) is 20.4. The lowest BCUT2D eigenvalue weighted by Crippen LogP contribution is -2.26. The number of carbonyl (C=O) groups excluding carboxylic acids is 1. The van der Waals surface area contributed by atoms with Crippen LogP contribution in [0.1, 0.15) is 37.9 Å². The van der Waals surface area contributed by atoms with Crippen molar-refractivity contribution in [2.24, 2.45) is 0 Å². The van der Waals surface area contributed by atoms with E-state index < -0.39 is 5.97 Å². The molecule has 0 aliphatic rings. The van der Waals surface area contributed by atoms with Gasteiger partial charge in [0, 0.05) is 13.2 Å². The fraction of sp³-hybridized carbons (Fsp3) is 0.250. The topological polar surface area (TPSA) is 97.8 Å². The normalized spacial score (nSPS) is 10.7. The van der Waals surface area contributed by atoms with E-state index in [1.807, 2.05) is 25.1 Å². The Kier molecular flexibility index (Phi) is 5.21. The number of carboxylic acids is 1. The van der Waals surface area contributed by atoms with Crippen molar-refractivity contribution in [3.05, 3.63) is 64.9 Å². The number of furan rings is 1. The molecule has 0 fully saturated rings. The Labute approximate surface area is 161 Å². The molecule has 0 bridgehead atoms. The van der Waals surface area contributed by atoms with Gasteiger partial charge in [-0.2, -0.15) is 5.10 Å². The van der Waals surface area contributed by atoms with E-state index in [-0.39, 0.29) is 23.7 Å². The number of carbonyl (C=O) groups is 2. The molecule has 146 valence electrons. The predicted molar refractivity (Wildman–Crippen MR) is 101 cm³/mol. The van der Waals surface area contributed by atoms with E-state index in [0.29, 0.717) is 17.3 Å². The first kappa shape index (κ1) is 19.2. The summed E-state index contributed by atoms with van der Waals surface area (Å²) in [5.74, 6) is -0.0263. The monoisotopic (exact) mass is 383 g/mol. The van der Waals surface area contributed by atoms with Crippen LogP contribution >= 0.6 is 0 Å². The summed E-state index contributed by atoms with van der Waals surface area (Å²) in [4.78, 5) is 25.2. The molecule has 0 unspecified atom stereocenters. The van der Waals surface area contributed by atoms with Gasteiger partial charge in [0.25, 0.3) is 5.91 Å². The van der Waals surface area contributed by atoms with E-state index in [2.05, 4.69) is 5.10 Å². The van der Waals surface area contributed by atoms with Crippen molar-refractivity contribution < 1.29 is 23.8 Å². The van der Waals surface area contributed by atoms with Gasteiger partial charge in [0.2, 0.25) is 0 Å². The van der Waals surface area contributed by atoms with Crippen molar-refractivity contribution in [1.29, 1.82) is 0 Å². The molecule has 0 saturated heterocycles. The minimum absolute atomic E-state index is 0.0895. The molecule has 2 aromatic heterocycles. The van der Waals surface area contributed by atoms with Crippen LogP contribution in [0.3, 0.4) is 0 Å². The van der Waals surface area contributed by atoms with Crippen molar-refractivity contribution in [1.82, 2.24) is 14.7 Å². The van der Waals surface area contributed by atoms with Gasteiger partial charge >= 0.3 is 5.97 Å². The summed E-state index contributed by atoms with van der Waals surface area (Å²) in [5.41, 5.74) is 2.12. The van der Waals surface area contributed by atoms with Gasteiger partial charge in [0.05, 0.1) is 13.7 Å². The third-order valence-electron chi connectivity index (χ3n) is 4.33. The first-order valence-electron chi connectivity index (χ1n) is 8.59. The summed E-state index contributed by atoms with van der Waals surface area (Å²) in [6.07, 6.45) is 1.69. The number of ether oxygens (including phenoxy) is 1. The number of hydrogen-bond acceptors (Lipinski definition) is 5. The Hall–Kier alpha value is -3.55. The number of methoxy groups -OCH3 is 1. The second-order valence-electron chi connectivity index (χ2n) is 6.47. The number of aromatic carboxylic acids is 1. The van der Waals surface area contributed by atoms with E-state index >= 15 is 0 Å². The Morgan fingerprint density at radius 3 is 2.64 bits per heavy atom. The highest BCUT2D eigenvalue weighted by Gasteiger charge is 2.20. The summed E-state index contributed by atoms with van der Waals surface area (Å²) < 4.78 is 12.4. The van der Waals surface area contributed by atoms with Gasteiger partial charge < -0.3 is 19.2 Å². The number of aryl methyl sites for hydroxylation is 2. The Morgan fingerprint density at radius 1 is 1.25 bits per heavy atom. The lowest BCUT2D eigenvalue weighted by Gasteiger charge is -2.14. The third-order valence-corrected chi connectivity index (χ3v) is 4.33. The maximum absolute atomic E-state index is 12.7. The maximum atomic E-state index is 12.7. The molecule has 0 aliphatic carbocycles. The number of carboxylic acid groups (broad SMARTS) is 1. The summed E-state index contributed by atoms with van der Waals surface area (Å²) in [5, 5.41) is 13.5. The Morgan fingerprint density at radius 2 is 2.00 bits per heavy atom. The van der Waals surface area contributed by atoms with Crippen molar-refractivity contribution in [3.63, 3.8) is 0 Å². The van der Waals surface area contributed by atoms with Crippen LogP contribution < -0.4 is 4.74 Å². The van der Waals surface area contributed by atoms with Crippen molar-refractivity contribution in [2.75, 3.05) is 14.2 Å². The van der Waals surface area contributed by atoms with Crippen molar-refractivity contribution in [2.45, 2.75) is 20.4 Å². The lowest BCUT2D eigenvalue weighted by atomic mass is 10.2. The molecular formula is C20H21N3O5. The van der Waals surface area contributed by atoms with Crippen LogP contribution in [-0.4, -0.2) is 45.8 Å². The largest absolute Gasteiger partial charge is 0.494 e. The average Bonchev–Trinajstić information content (AvgIpc) is 3.28. The van der Waals surface area contributed by atoms with E-state index in [1.54, 1.807) is 38.0 Å². The van der Waals surface area contributed by atoms with E-state index in [9.17, 15) is 9.59 Å².